The molecular formula is C12H19F3N2O3S. The third-order valence-electron chi connectivity index (χ3n) is 3.19. The van der Waals surface area contributed by atoms with Gasteiger partial charge < -0.3 is 10.0 Å². The third-order valence-corrected chi connectivity index (χ3v) is 4.55. The molecule has 1 heterocycles. The lowest BCUT2D eigenvalue weighted by molar-refractivity contribution is -0.142. The van der Waals surface area contributed by atoms with Crippen LogP contribution < -0.4 is 0 Å². The van der Waals surface area contributed by atoms with Gasteiger partial charge in [0.15, 0.2) is 0 Å². The molecule has 2 atom stereocenters. The van der Waals surface area contributed by atoms with Gasteiger partial charge in [-0.25, -0.2) is 9.59 Å². The summed E-state index contributed by atoms with van der Waals surface area (Å²) < 4.78 is 36.6. The molecule has 0 spiro atoms. The molecule has 0 aliphatic carbocycles. The van der Waals surface area contributed by atoms with Crippen molar-refractivity contribution in [2.24, 2.45) is 0 Å². The molecule has 1 N–H and O–H groups in total. The Balaban J connectivity index is 2.76. The number of carboxylic acid groups (broad SMARTS) is 1. The standard InChI is InChI=1S/C12H19F3N2O3S/c1-3-4-9-17(8(7-21-9)10(18)19)11(20)16(2)6-5-12(13,14)15/h8-9H,3-7H2,1-2H3,(H,18,19). The molecule has 0 aromatic heterocycles. The van der Waals surface area contributed by atoms with Gasteiger partial charge in [0, 0.05) is 19.3 Å². The first-order valence-electron chi connectivity index (χ1n) is 6.62. The molecule has 0 aromatic rings. The van der Waals surface area contributed by atoms with Crippen molar-refractivity contribution in [3.8, 4) is 0 Å². The minimum Gasteiger partial charge on any atom is -0.480 e. The molecule has 2 unspecified atom stereocenters. The number of hydrogen-bond donors (Lipinski definition) is 1. The van der Waals surface area contributed by atoms with Crippen LogP contribution in [0.5, 0.6) is 0 Å². The second-order valence-electron chi connectivity index (χ2n) is 4.91. The van der Waals surface area contributed by atoms with Gasteiger partial charge in [-0.15, -0.1) is 11.8 Å². The van der Waals surface area contributed by atoms with Crippen molar-refractivity contribution in [1.29, 1.82) is 0 Å². The lowest BCUT2D eigenvalue weighted by atomic mass is 10.2. The predicted octanol–water partition coefficient (Wildman–Crippen LogP) is 2.62. The predicted molar refractivity (Wildman–Crippen MR) is 73.1 cm³/mol. The van der Waals surface area contributed by atoms with E-state index < -0.39 is 37.2 Å². The van der Waals surface area contributed by atoms with E-state index in [0.29, 0.717) is 6.42 Å². The fourth-order valence-corrected chi connectivity index (χ4v) is 3.57. The maximum atomic E-state index is 12.3. The Kier molecular flexibility index (Phi) is 6.18. The molecule has 1 aliphatic heterocycles. The number of alkyl halides is 3. The summed E-state index contributed by atoms with van der Waals surface area (Å²) >= 11 is 1.36. The highest BCUT2D eigenvalue weighted by molar-refractivity contribution is 8.00. The Morgan fingerprint density at radius 2 is 2.05 bits per heavy atom. The monoisotopic (exact) mass is 328 g/mol. The number of nitrogens with zero attached hydrogens (tertiary/aromatic N) is 2. The number of thioether (sulfide) groups is 1. The molecule has 0 saturated carbocycles. The lowest BCUT2D eigenvalue weighted by Crippen LogP contribution is -2.51. The van der Waals surface area contributed by atoms with Gasteiger partial charge in [-0.3, -0.25) is 4.90 Å². The van der Waals surface area contributed by atoms with Crippen molar-refractivity contribution in [1.82, 2.24) is 9.80 Å². The van der Waals surface area contributed by atoms with Crippen molar-refractivity contribution in [3.05, 3.63) is 0 Å². The highest BCUT2D eigenvalue weighted by Crippen LogP contribution is 2.33. The van der Waals surface area contributed by atoms with Gasteiger partial charge in [-0.1, -0.05) is 13.3 Å². The average molecular weight is 328 g/mol. The van der Waals surface area contributed by atoms with Gasteiger partial charge >= 0.3 is 18.2 Å². The highest BCUT2D eigenvalue weighted by atomic mass is 32.2. The van der Waals surface area contributed by atoms with Crippen LogP contribution in [0.2, 0.25) is 0 Å². The van der Waals surface area contributed by atoms with Crippen LogP contribution in [0.4, 0.5) is 18.0 Å². The molecule has 1 saturated heterocycles. The fraction of sp³-hybridized carbons (Fsp3) is 0.833. The van der Waals surface area contributed by atoms with E-state index >= 15 is 0 Å². The van der Waals surface area contributed by atoms with E-state index in [9.17, 15) is 22.8 Å². The van der Waals surface area contributed by atoms with Crippen LogP contribution in [0.25, 0.3) is 0 Å². The van der Waals surface area contributed by atoms with E-state index in [-0.39, 0.29) is 11.1 Å². The molecular weight excluding hydrogens is 309 g/mol. The molecule has 1 fully saturated rings. The summed E-state index contributed by atoms with van der Waals surface area (Å²) in [6.07, 6.45) is -4.07. The summed E-state index contributed by atoms with van der Waals surface area (Å²) in [6.45, 7) is 1.43. The number of hydrogen-bond acceptors (Lipinski definition) is 3. The summed E-state index contributed by atoms with van der Waals surface area (Å²) in [5.41, 5.74) is 0. The van der Waals surface area contributed by atoms with Crippen molar-refractivity contribution in [2.75, 3.05) is 19.3 Å². The first-order chi connectivity index (χ1) is 9.67. The molecule has 1 aliphatic rings. The fourth-order valence-electron chi connectivity index (χ4n) is 2.07. The van der Waals surface area contributed by atoms with E-state index in [2.05, 4.69) is 0 Å². The van der Waals surface area contributed by atoms with Gasteiger partial charge in [-0.2, -0.15) is 13.2 Å². The van der Waals surface area contributed by atoms with Crippen LogP contribution in [0, 0.1) is 0 Å². The molecule has 1 rings (SSSR count). The quantitative estimate of drug-likeness (QED) is 0.843. The maximum absolute atomic E-state index is 12.3. The van der Waals surface area contributed by atoms with E-state index in [0.717, 1.165) is 11.3 Å². The number of halogens is 3. The number of carboxylic acids is 1. The Morgan fingerprint density at radius 1 is 1.43 bits per heavy atom. The molecule has 21 heavy (non-hydrogen) atoms. The summed E-state index contributed by atoms with van der Waals surface area (Å²) in [6, 6.07) is -1.64. The Labute approximate surface area is 125 Å². The number of carbonyl (C=O) groups excluding carboxylic acids is 1. The van der Waals surface area contributed by atoms with Crippen LogP contribution in [-0.2, 0) is 4.79 Å². The van der Waals surface area contributed by atoms with E-state index in [1.165, 1.54) is 23.7 Å². The molecule has 0 radical (unpaired) electrons. The first-order valence-corrected chi connectivity index (χ1v) is 7.66. The van der Waals surface area contributed by atoms with Crippen molar-refractivity contribution in [3.63, 3.8) is 0 Å². The summed E-state index contributed by atoms with van der Waals surface area (Å²) in [4.78, 5) is 25.6. The summed E-state index contributed by atoms with van der Waals surface area (Å²) in [7, 11) is 1.26. The number of rotatable bonds is 5. The zero-order valence-electron chi connectivity index (χ0n) is 11.9. The summed E-state index contributed by atoms with van der Waals surface area (Å²) in [5, 5.41) is 8.86. The van der Waals surface area contributed by atoms with E-state index in [1.54, 1.807) is 0 Å². The minimum absolute atomic E-state index is 0.263. The normalized spacial score (nSPS) is 22.4. The molecule has 0 bridgehead atoms. The SMILES string of the molecule is CCCC1SCC(C(=O)O)N1C(=O)N(C)CCC(F)(F)F. The van der Waals surface area contributed by atoms with Gasteiger partial charge in [-0.05, 0) is 6.42 Å². The number of urea groups is 1. The largest absolute Gasteiger partial charge is 0.480 e. The number of aliphatic carboxylic acids is 1. The summed E-state index contributed by atoms with van der Waals surface area (Å²) in [5.74, 6) is -0.863. The van der Waals surface area contributed by atoms with Crippen molar-refractivity contribution < 1.29 is 27.9 Å². The van der Waals surface area contributed by atoms with Gasteiger partial charge in [0.2, 0.25) is 0 Å². The Hall–Kier alpha value is -1.12. The lowest BCUT2D eigenvalue weighted by Gasteiger charge is -2.31. The topological polar surface area (TPSA) is 60.9 Å². The Morgan fingerprint density at radius 3 is 2.52 bits per heavy atom. The Bertz CT molecular complexity index is 392. The smallest absolute Gasteiger partial charge is 0.390 e. The maximum Gasteiger partial charge on any atom is 0.390 e. The minimum atomic E-state index is -4.34. The van der Waals surface area contributed by atoms with Crippen molar-refractivity contribution >= 4 is 23.8 Å². The zero-order chi connectivity index (χ0) is 16.2. The first kappa shape index (κ1) is 17.9. The van der Waals surface area contributed by atoms with Gasteiger partial charge in [0.25, 0.3) is 0 Å². The van der Waals surface area contributed by atoms with Crippen LogP contribution in [0.15, 0.2) is 0 Å². The number of amides is 2. The van der Waals surface area contributed by atoms with E-state index in [4.69, 9.17) is 5.11 Å². The van der Waals surface area contributed by atoms with E-state index in [1.807, 2.05) is 6.92 Å². The highest BCUT2D eigenvalue weighted by Gasteiger charge is 2.42. The molecule has 2 amide bonds. The molecule has 0 aromatic carbocycles. The average Bonchev–Trinajstić information content (AvgIpc) is 2.78. The zero-order valence-corrected chi connectivity index (χ0v) is 12.7. The molecule has 9 heteroatoms. The second-order valence-corrected chi connectivity index (χ2v) is 6.12. The van der Waals surface area contributed by atoms with Crippen LogP contribution >= 0.6 is 11.8 Å². The van der Waals surface area contributed by atoms with Crippen LogP contribution in [0.3, 0.4) is 0 Å². The van der Waals surface area contributed by atoms with Crippen LogP contribution in [-0.4, -0.2) is 63.8 Å². The van der Waals surface area contributed by atoms with Gasteiger partial charge in [0.1, 0.15) is 6.04 Å². The van der Waals surface area contributed by atoms with Gasteiger partial charge in [0.05, 0.1) is 11.8 Å². The molecule has 122 valence electrons. The van der Waals surface area contributed by atoms with Crippen LogP contribution in [0.1, 0.15) is 26.2 Å². The van der Waals surface area contributed by atoms with Crippen molar-refractivity contribution in [2.45, 2.75) is 43.8 Å². The third kappa shape index (κ3) is 4.98. The molecule has 5 nitrogen and oxygen atoms in total. The number of carbonyl (C=O) groups is 2. The second kappa shape index (κ2) is 7.24.